The Balaban J connectivity index is 0.874. The van der Waals surface area contributed by atoms with Gasteiger partial charge in [0.1, 0.15) is 17.3 Å². The van der Waals surface area contributed by atoms with E-state index in [1.165, 1.54) is 0 Å². The van der Waals surface area contributed by atoms with Crippen LogP contribution in [0.2, 0.25) is 0 Å². The van der Waals surface area contributed by atoms with Crippen molar-refractivity contribution in [2.45, 2.75) is 96.2 Å². The number of nitrogens with zero attached hydrogens (tertiary/aromatic N) is 5. The fraction of sp³-hybridized carbons (Fsp3) is 0.487. The second-order valence-electron chi connectivity index (χ2n) is 14.3. The van der Waals surface area contributed by atoms with E-state index in [-0.39, 0.29) is 35.4 Å². The number of anilines is 2. The van der Waals surface area contributed by atoms with Gasteiger partial charge in [0.25, 0.3) is 5.91 Å². The van der Waals surface area contributed by atoms with E-state index in [0.717, 1.165) is 81.3 Å². The Morgan fingerprint density at radius 1 is 1.06 bits per heavy atom. The quantitative estimate of drug-likeness (QED) is 0.129. The molecule has 2 unspecified atom stereocenters. The second-order valence-corrected chi connectivity index (χ2v) is 14.3. The molecule has 0 bridgehead atoms. The number of carbonyl (C=O) groups is 3. The van der Waals surface area contributed by atoms with Gasteiger partial charge in [0.2, 0.25) is 17.8 Å². The molecule has 268 valence electrons. The van der Waals surface area contributed by atoms with E-state index < -0.39 is 6.17 Å². The third-order valence-electron chi connectivity index (χ3n) is 10.9. The predicted octanol–water partition coefficient (Wildman–Crippen LogP) is 5.79. The van der Waals surface area contributed by atoms with Crippen molar-refractivity contribution in [3.8, 4) is 5.75 Å². The summed E-state index contributed by atoms with van der Waals surface area (Å²) in [5, 5.41) is 16.0. The van der Waals surface area contributed by atoms with Gasteiger partial charge in [0.05, 0.1) is 24.3 Å². The van der Waals surface area contributed by atoms with Gasteiger partial charge in [0.15, 0.2) is 6.17 Å². The minimum absolute atomic E-state index is 0.0214. The summed E-state index contributed by atoms with van der Waals surface area (Å²) >= 11 is 0. The van der Waals surface area contributed by atoms with Gasteiger partial charge in [-0.15, -0.1) is 0 Å². The lowest BCUT2D eigenvalue weighted by molar-refractivity contribution is -0.134. The number of piperidine rings is 2. The van der Waals surface area contributed by atoms with E-state index in [1.54, 1.807) is 19.3 Å². The second kappa shape index (κ2) is 15.1. The molecule has 2 saturated heterocycles. The SMILES string of the molecule is CC1=C2C=NC(Nc3ccc(OCCCC4CCN(c5cccc(C6CCC(=O)NC6=O)c5)CC4)cn3)=NC2N(C2CCCC2)C(=O)/C1=C(\C)O. The molecule has 1 saturated carbocycles. The van der Waals surface area contributed by atoms with Crippen LogP contribution in [0, 0.1) is 5.92 Å². The van der Waals surface area contributed by atoms with Crippen LogP contribution in [0.25, 0.3) is 0 Å². The maximum atomic E-state index is 13.6. The Hall–Kier alpha value is -5.00. The topological polar surface area (TPSA) is 149 Å². The summed E-state index contributed by atoms with van der Waals surface area (Å²) in [4.78, 5) is 55.6. The van der Waals surface area contributed by atoms with E-state index in [1.807, 2.05) is 36.1 Å². The molecule has 1 aromatic heterocycles. The van der Waals surface area contributed by atoms with Gasteiger partial charge in [-0.3, -0.25) is 19.7 Å². The molecule has 1 aromatic carbocycles. The van der Waals surface area contributed by atoms with Gasteiger partial charge >= 0.3 is 0 Å². The molecule has 12 nitrogen and oxygen atoms in total. The summed E-state index contributed by atoms with van der Waals surface area (Å²) in [6.07, 6.45) is 12.2. The molecule has 5 heterocycles. The Labute approximate surface area is 298 Å². The third-order valence-corrected chi connectivity index (χ3v) is 10.9. The molecule has 7 rings (SSSR count). The van der Waals surface area contributed by atoms with Crippen molar-refractivity contribution >= 4 is 41.4 Å². The van der Waals surface area contributed by atoms with Crippen LogP contribution < -0.4 is 20.3 Å². The lowest BCUT2D eigenvalue weighted by atomic mass is 9.89. The molecule has 5 aliphatic rings. The number of benzene rings is 1. The van der Waals surface area contributed by atoms with Gasteiger partial charge in [-0.2, -0.15) is 0 Å². The fourth-order valence-corrected chi connectivity index (χ4v) is 8.15. The first-order chi connectivity index (χ1) is 24.7. The predicted molar refractivity (Wildman–Crippen MR) is 196 cm³/mol. The van der Waals surface area contributed by atoms with Crippen LogP contribution in [0.15, 0.2) is 75.1 Å². The highest BCUT2D eigenvalue weighted by molar-refractivity contribution is 6.09. The highest BCUT2D eigenvalue weighted by Gasteiger charge is 2.42. The van der Waals surface area contributed by atoms with Crippen molar-refractivity contribution in [3.63, 3.8) is 0 Å². The summed E-state index contributed by atoms with van der Waals surface area (Å²) in [6, 6.07) is 12.0. The summed E-state index contributed by atoms with van der Waals surface area (Å²) < 4.78 is 6.02. The van der Waals surface area contributed by atoms with E-state index in [2.05, 4.69) is 37.6 Å². The van der Waals surface area contributed by atoms with Crippen LogP contribution in [0.4, 0.5) is 11.5 Å². The largest absolute Gasteiger partial charge is 0.512 e. The van der Waals surface area contributed by atoms with Crippen molar-refractivity contribution in [1.29, 1.82) is 0 Å². The average Bonchev–Trinajstić information content (AvgIpc) is 3.66. The number of guanidine groups is 1. The molecule has 2 atom stereocenters. The van der Waals surface area contributed by atoms with Crippen LogP contribution in [0.5, 0.6) is 5.75 Å². The van der Waals surface area contributed by atoms with Crippen LogP contribution in [-0.4, -0.2) is 76.8 Å². The van der Waals surface area contributed by atoms with Gasteiger partial charge in [-0.1, -0.05) is 25.0 Å². The Morgan fingerprint density at radius 2 is 1.86 bits per heavy atom. The minimum Gasteiger partial charge on any atom is -0.512 e. The van der Waals surface area contributed by atoms with Crippen LogP contribution >= 0.6 is 0 Å². The van der Waals surface area contributed by atoms with Crippen LogP contribution in [0.1, 0.15) is 89.5 Å². The number of fused-ring (bicyclic) bond motifs is 1. The molecule has 12 heteroatoms. The number of allylic oxidation sites excluding steroid dienone is 1. The number of aliphatic hydroxyl groups excluding tert-OH is 1. The first-order valence-corrected chi connectivity index (χ1v) is 18.3. The summed E-state index contributed by atoms with van der Waals surface area (Å²) in [5.41, 5.74) is 4.01. The van der Waals surface area contributed by atoms with E-state index >= 15 is 0 Å². The zero-order valence-corrected chi connectivity index (χ0v) is 29.4. The first-order valence-electron chi connectivity index (χ1n) is 18.3. The summed E-state index contributed by atoms with van der Waals surface area (Å²) in [5.74, 6) is 1.51. The van der Waals surface area contributed by atoms with Crippen LogP contribution in [0.3, 0.4) is 0 Å². The molecule has 1 aliphatic carbocycles. The fourth-order valence-electron chi connectivity index (χ4n) is 8.15. The van der Waals surface area contributed by atoms with Crippen molar-refractivity contribution < 1.29 is 24.2 Å². The molecule has 3 amide bonds. The van der Waals surface area contributed by atoms with E-state index in [9.17, 15) is 19.5 Å². The first kappa shape index (κ1) is 34.4. The lowest BCUT2D eigenvalue weighted by Crippen LogP contribution is -2.51. The standard InChI is InChI=1S/C39H47N7O5/c1-24-32-23-41-39(44-36(32)46(28-9-3-4-10-28)38(50)35(24)25(2)47)42-33-14-12-30(22-40-33)51-20-6-7-26-16-18-45(19-17-26)29-11-5-8-27(21-29)31-13-15-34(48)43-37(31)49/h5,8,11-12,14,21-23,26,28,31,36,47H,3-4,6-7,9-10,13,15-20H2,1-2H3,(H,40,42,44)(H,43,48,49)/b35-25+. The molecule has 0 spiro atoms. The monoisotopic (exact) mass is 693 g/mol. The Bertz CT molecular complexity index is 1780. The van der Waals surface area contributed by atoms with Crippen molar-refractivity contribution in [2.24, 2.45) is 15.9 Å². The number of nitrogens with one attached hydrogen (secondary N) is 2. The number of hydrogen-bond donors (Lipinski definition) is 3. The number of carbonyl (C=O) groups excluding carboxylic acids is 3. The molecule has 4 aliphatic heterocycles. The number of ether oxygens (including phenoxy) is 1. The molecular weight excluding hydrogens is 646 g/mol. The molecule has 2 aromatic rings. The number of rotatable bonds is 9. The molecule has 3 N–H and O–H groups in total. The number of aliphatic hydroxyl groups is 1. The van der Waals surface area contributed by atoms with E-state index in [0.29, 0.717) is 54.0 Å². The van der Waals surface area contributed by atoms with Crippen molar-refractivity contribution in [3.05, 3.63) is 70.6 Å². The van der Waals surface area contributed by atoms with Crippen molar-refractivity contribution in [2.75, 3.05) is 29.9 Å². The number of aliphatic imine (C=N–C) groups is 2. The Morgan fingerprint density at radius 3 is 2.59 bits per heavy atom. The van der Waals surface area contributed by atoms with Crippen LogP contribution in [-0.2, 0) is 14.4 Å². The smallest absolute Gasteiger partial charge is 0.259 e. The van der Waals surface area contributed by atoms with Gasteiger partial charge in [0, 0.05) is 43.0 Å². The number of amides is 3. The van der Waals surface area contributed by atoms with E-state index in [4.69, 9.17) is 9.73 Å². The Kier molecular flexibility index (Phi) is 10.2. The highest BCUT2D eigenvalue weighted by Crippen LogP contribution is 2.37. The van der Waals surface area contributed by atoms with Gasteiger partial charge in [-0.25, -0.2) is 15.0 Å². The zero-order chi connectivity index (χ0) is 35.5. The highest BCUT2D eigenvalue weighted by atomic mass is 16.5. The normalized spacial score (nSPS) is 24.0. The molecule has 51 heavy (non-hydrogen) atoms. The maximum Gasteiger partial charge on any atom is 0.259 e. The number of imide groups is 1. The maximum absolute atomic E-state index is 13.6. The number of aromatic nitrogens is 1. The average molecular weight is 694 g/mol. The summed E-state index contributed by atoms with van der Waals surface area (Å²) in [7, 11) is 0. The number of pyridine rings is 1. The minimum atomic E-state index is -0.491. The molecular formula is C39H47N7O5. The summed E-state index contributed by atoms with van der Waals surface area (Å²) in [6.45, 7) is 5.97. The van der Waals surface area contributed by atoms with Crippen molar-refractivity contribution in [1.82, 2.24) is 15.2 Å². The zero-order valence-electron chi connectivity index (χ0n) is 29.4. The van der Waals surface area contributed by atoms with Gasteiger partial charge < -0.3 is 25.0 Å². The molecule has 3 fully saturated rings. The third kappa shape index (κ3) is 7.55. The van der Waals surface area contributed by atoms with Gasteiger partial charge in [-0.05, 0) is 100 Å². The number of hydrogen-bond acceptors (Lipinski definition) is 10. The lowest BCUT2D eigenvalue weighted by Gasteiger charge is -2.40. The molecule has 0 radical (unpaired) electrons.